The van der Waals surface area contributed by atoms with Crippen molar-refractivity contribution in [1.29, 1.82) is 0 Å². The van der Waals surface area contributed by atoms with E-state index in [-0.39, 0.29) is 86.7 Å². The predicted molar refractivity (Wildman–Crippen MR) is 49.5 cm³/mol. The van der Waals surface area contributed by atoms with Crippen LogP contribution in [0, 0.1) is 0 Å². The zero-order valence-electron chi connectivity index (χ0n) is 5.66. The molecule has 0 N–H and O–H groups in total. The standard InChI is InChI=1S/B3H5.2ClH.K.Mg.Mn.O.Zn.H/c1-3-2;;;;;;;;/h3H,1-2H2;2*1H;;;;;;/q;;;;+2;;;;/p-2. The molecular weight excluding hydrogens is 303 g/mol. The van der Waals surface area contributed by atoms with Crippen LogP contribution >= 0.6 is 18.1 Å². The Labute approximate surface area is 145 Å². The minimum atomic E-state index is -0.639. The molecule has 0 aromatic heterocycles. The van der Waals surface area contributed by atoms with Gasteiger partial charge in [-0.1, -0.05) is 0 Å². The van der Waals surface area contributed by atoms with E-state index in [2.05, 4.69) is 15.5 Å². The van der Waals surface area contributed by atoms with Crippen molar-refractivity contribution in [3.05, 3.63) is 0 Å². The third-order valence-corrected chi connectivity index (χ3v) is 0. The molecule has 0 amide bonds. The summed E-state index contributed by atoms with van der Waals surface area (Å²) < 4.78 is 8.38. The van der Waals surface area contributed by atoms with Crippen LogP contribution in [0.5, 0.6) is 0 Å². The molecule has 10 heavy (non-hydrogen) atoms. The van der Waals surface area contributed by atoms with Gasteiger partial charge in [0.2, 0.25) is 0 Å². The van der Waals surface area contributed by atoms with E-state index in [0.29, 0.717) is 0 Å². The first kappa shape index (κ1) is 29.2. The molecule has 0 saturated carbocycles. The van der Waals surface area contributed by atoms with Gasteiger partial charge in [-0.25, -0.2) is 0 Å². The zero-order chi connectivity index (χ0) is 7.41. The Morgan fingerprint density at radius 3 is 1.30 bits per heavy atom. The first-order valence-corrected chi connectivity index (χ1v) is 7.72. The van der Waals surface area contributed by atoms with Crippen LogP contribution in [0.2, 0.25) is 0 Å². The molecule has 0 rings (SSSR count). The molecule has 47 valence electrons. The van der Waals surface area contributed by atoms with Gasteiger partial charge in [0.1, 0.15) is 0 Å². The van der Waals surface area contributed by atoms with E-state index >= 15 is 0 Å². The average Bonchev–Trinajstić information content (AvgIpc) is 1.75. The van der Waals surface area contributed by atoms with Crippen molar-refractivity contribution in [3.8, 4) is 0 Å². The summed E-state index contributed by atoms with van der Waals surface area (Å²) in [5, 5.41) is 0. The molecule has 1 radical (unpaired) electrons. The molecule has 0 bridgehead atoms. The molecule has 0 heterocycles. The van der Waals surface area contributed by atoms with E-state index in [1.807, 2.05) is 0 Å². The summed E-state index contributed by atoms with van der Waals surface area (Å²) >= 11 is -0.514. The van der Waals surface area contributed by atoms with Crippen molar-refractivity contribution in [1.82, 2.24) is 0 Å². The second-order valence-electron chi connectivity index (χ2n) is 0.808. The van der Waals surface area contributed by atoms with Crippen LogP contribution in [0.15, 0.2) is 0 Å². The molecule has 0 aliphatic carbocycles. The fourth-order valence-corrected chi connectivity index (χ4v) is 0. The monoisotopic (exact) mass is 307 g/mol. The van der Waals surface area contributed by atoms with Crippen LogP contribution in [-0.4, -0.2) is 92.1 Å². The van der Waals surface area contributed by atoms with Gasteiger partial charge in [0, 0.05) is 24.1 Å². The van der Waals surface area contributed by atoms with Crippen LogP contribution in [0.3, 0.4) is 0 Å². The van der Waals surface area contributed by atoms with Gasteiger partial charge in [-0.15, -0.1) is 0 Å². The molecule has 0 atom stereocenters. The molecule has 1 nitrogen and oxygen atoms in total. The van der Waals surface area contributed by atoms with Crippen LogP contribution in [0.4, 0.5) is 0 Å². The second kappa shape index (κ2) is 51.5. The van der Waals surface area contributed by atoms with Gasteiger partial charge in [-0.05, 0) is 0 Å². The summed E-state index contributed by atoms with van der Waals surface area (Å²) in [5.74, 6) is 0. The molecule has 0 aromatic rings. The Morgan fingerprint density at radius 2 is 1.30 bits per heavy atom. The third kappa shape index (κ3) is 88.3. The molecule has 0 aliphatic heterocycles. The van der Waals surface area contributed by atoms with Gasteiger partial charge < -0.3 is 18.1 Å². The molecule has 0 fully saturated rings. The first-order valence-electron chi connectivity index (χ1n) is 2.24. The van der Waals surface area contributed by atoms with Gasteiger partial charge in [-0.3, -0.25) is 0 Å². The van der Waals surface area contributed by atoms with Crippen molar-refractivity contribution in [2.75, 3.05) is 0 Å². The molecule has 0 aliphatic rings. The molecular formula is H6B3Cl2KMgMnOZn. The van der Waals surface area contributed by atoms with Crippen molar-refractivity contribution < 1.29 is 38.9 Å². The molecule has 0 unspecified atom stereocenters. The van der Waals surface area contributed by atoms with Gasteiger partial charge in [0.25, 0.3) is 0 Å². The SMILES string of the molecule is BBB.[Cl][Mg][Cl].[KH].[Mn].[O]=[Zn]. The first-order chi connectivity index (χ1) is 3.83. The summed E-state index contributed by atoms with van der Waals surface area (Å²) in [5.41, 5.74) is 0. The number of hydrogen-bond acceptors (Lipinski definition) is 1. The number of hydrogen-bond donors (Lipinski definition) is 0. The van der Waals surface area contributed by atoms with Gasteiger partial charge in [0.05, 0.1) is 15.5 Å². The van der Waals surface area contributed by atoms with Gasteiger partial charge in [0.15, 0.2) is 0 Å². The number of halogens is 2. The topological polar surface area (TPSA) is 17.1 Å². The summed E-state index contributed by atoms with van der Waals surface area (Å²) in [6.07, 6.45) is 0. The zero-order valence-corrected chi connectivity index (χ0v) is 12.7. The molecule has 0 spiro atoms. The Morgan fingerprint density at radius 1 is 1.30 bits per heavy atom. The van der Waals surface area contributed by atoms with E-state index < -0.39 is 18.2 Å². The van der Waals surface area contributed by atoms with E-state index in [1.165, 1.54) is 7.06 Å². The van der Waals surface area contributed by atoms with Gasteiger partial charge >= 0.3 is 91.4 Å². The second-order valence-corrected chi connectivity index (χ2v) is 3.43. The predicted octanol–water partition coefficient (Wildman–Crippen LogP) is -2.26. The Hall–Kier alpha value is 4.12. The maximum absolute atomic E-state index is 8.38. The van der Waals surface area contributed by atoms with Crippen LogP contribution in [0.25, 0.3) is 0 Å². The van der Waals surface area contributed by atoms with Crippen LogP contribution in [-0.2, 0) is 38.9 Å². The summed E-state index contributed by atoms with van der Waals surface area (Å²) in [6, 6.07) is 0. The normalized spacial score (nSPS) is 2.80. The Kier molecular flexibility index (Phi) is 150. The van der Waals surface area contributed by atoms with Crippen LogP contribution < -0.4 is 0 Å². The summed E-state index contributed by atoms with van der Waals surface area (Å²) in [7, 11) is 15.3. The van der Waals surface area contributed by atoms with Crippen molar-refractivity contribution >= 4 is 110 Å². The molecule has 0 aromatic carbocycles. The van der Waals surface area contributed by atoms with Crippen LogP contribution in [0.1, 0.15) is 0 Å². The van der Waals surface area contributed by atoms with Gasteiger partial charge in [-0.2, -0.15) is 0 Å². The fourth-order valence-electron chi connectivity index (χ4n) is 0. The quantitative estimate of drug-likeness (QED) is 0.462. The minimum absolute atomic E-state index is 0. The summed E-state index contributed by atoms with van der Waals surface area (Å²) in [4.78, 5) is 0. The summed E-state index contributed by atoms with van der Waals surface area (Å²) in [6.45, 7) is 0. The maximum atomic E-state index is 8.38. The fraction of sp³-hybridized carbons (Fsp3) is 0. The van der Waals surface area contributed by atoms with Crippen molar-refractivity contribution in [2.24, 2.45) is 0 Å². The van der Waals surface area contributed by atoms with E-state index in [9.17, 15) is 0 Å². The molecule has 0 saturated heterocycles. The molecule has 10 heteroatoms. The van der Waals surface area contributed by atoms with E-state index in [0.717, 1.165) is 0 Å². The van der Waals surface area contributed by atoms with E-state index in [1.54, 1.807) is 0 Å². The number of rotatable bonds is 0. The third-order valence-electron chi connectivity index (χ3n) is 0. The van der Waals surface area contributed by atoms with E-state index in [4.69, 9.17) is 21.7 Å². The average molecular weight is 309 g/mol. The Bertz CT molecular complexity index is 34.0. The van der Waals surface area contributed by atoms with Crippen molar-refractivity contribution in [2.45, 2.75) is 0 Å². The Balaban J connectivity index is -0.0000000116. The van der Waals surface area contributed by atoms with Crippen molar-refractivity contribution in [3.63, 3.8) is 0 Å².